The van der Waals surface area contributed by atoms with E-state index in [4.69, 9.17) is 0 Å². The zero-order valence-electron chi connectivity index (χ0n) is 19.3. The number of aromatic nitrogens is 2. The Morgan fingerprint density at radius 1 is 1.12 bits per heavy atom. The van der Waals surface area contributed by atoms with Gasteiger partial charge in [0.1, 0.15) is 22.6 Å². The van der Waals surface area contributed by atoms with Crippen molar-refractivity contribution < 1.29 is 22.0 Å². The Kier molecular flexibility index (Phi) is 8.16. The number of rotatable bonds is 10. The largest absolute Gasteiger partial charge is 0.344 e. The number of halogens is 2. The average molecular weight is 491 g/mol. The third kappa shape index (κ3) is 6.27. The molecule has 0 saturated carbocycles. The van der Waals surface area contributed by atoms with Crippen LogP contribution in [0.25, 0.3) is 11.3 Å². The molecular formula is C24H28F2N4O3S. The van der Waals surface area contributed by atoms with Crippen LogP contribution in [0, 0.1) is 17.6 Å². The van der Waals surface area contributed by atoms with E-state index in [-0.39, 0.29) is 11.7 Å². The highest BCUT2D eigenvalue weighted by Gasteiger charge is 2.31. The molecule has 1 aromatic heterocycles. The molecule has 3 aromatic rings. The van der Waals surface area contributed by atoms with Gasteiger partial charge in [0.25, 0.3) is 0 Å². The molecule has 3 rings (SSSR count). The molecule has 1 atom stereocenters. The van der Waals surface area contributed by atoms with Crippen LogP contribution in [0.2, 0.25) is 0 Å². The number of amides is 1. The topological polar surface area (TPSA) is 95.2 Å². The van der Waals surface area contributed by atoms with E-state index in [1.807, 2.05) is 6.07 Å². The monoisotopic (exact) mass is 490 g/mol. The summed E-state index contributed by atoms with van der Waals surface area (Å²) in [4.78, 5) is 14.0. The van der Waals surface area contributed by atoms with Crippen molar-refractivity contribution in [1.82, 2.24) is 19.8 Å². The Balaban J connectivity index is 1.60. The number of H-pyrrole nitrogens is 1. The zero-order valence-corrected chi connectivity index (χ0v) is 20.1. The molecule has 34 heavy (non-hydrogen) atoms. The maximum atomic E-state index is 14.0. The molecule has 0 aliphatic carbocycles. The van der Waals surface area contributed by atoms with E-state index in [2.05, 4.69) is 14.9 Å². The molecule has 0 aliphatic rings. The van der Waals surface area contributed by atoms with Gasteiger partial charge in [-0.15, -0.1) is 0 Å². The fourth-order valence-corrected chi connectivity index (χ4v) is 4.92. The normalized spacial score (nSPS) is 12.6. The zero-order chi connectivity index (χ0) is 24.9. The summed E-state index contributed by atoms with van der Waals surface area (Å²) in [7, 11) is -2.62. The van der Waals surface area contributed by atoms with Crippen LogP contribution < -0.4 is 4.72 Å². The average Bonchev–Trinajstić information content (AvgIpc) is 3.26. The van der Waals surface area contributed by atoms with Crippen LogP contribution in [-0.4, -0.2) is 49.1 Å². The number of nitrogens with zero attached hydrogens (tertiary/aromatic N) is 2. The van der Waals surface area contributed by atoms with Gasteiger partial charge in [-0.25, -0.2) is 17.2 Å². The van der Waals surface area contributed by atoms with Crippen LogP contribution in [0.1, 0.15) is 26.0 Å². The minimum absolute atomic E-state index is 0.340. The second-order valence-corrected chi connectivity index (χ2v) is 10.1. The Morgan fingerprint density at radius 3 is 2.53 bits per heavy atom. The fraction of sp³-hybridized carbons (Fsp3) is 0.333. The number of sulfonamides is 1. The van der Waals surface area contributed by atoms with Crippen LogP contribution >= 0.6 is 0 Å². The second kappa shape index (κ2) is 10.9. The predicted molar refractivity (Wildman–Crippen MR) is 125 cm³/mol. The van der Waals surface area contributed by atoms with Crippen molar-refractivity contribution in [2.75, 3.05) is 13.6 Å². The van der Waals surface area contributed by atoms with Crippen molar-refractivity contribution in [3.8, 4) is 11.3 Å². The third-order valence-electron chi connectivity index (χ3n) is 5.41. The molecule has 0 spiro atoms. The van der Waals surface area contributed by atoms with E-state index in [9.17, 15) is 22.0 Å². The lowest BCUT2D eigenvalue weighted by Crippen LogP contribution is -2.50. The lowest BCUT2D eigenvalue weighted by molar-refractivity contribution is -0.132. The number of hydrogen-bond acceptors (Lipinski definition) is 4. The van der Waals surface area contributed by atoms with Crippen molar-refractivity contribution in [1.29, 1.82) is 0 Å². The quantitative estimate of drug-likeness (QED) is 0.453. The molecule has 0 aliphatic heterocycles. The highest BCUT2D eigenvalue weighted by molar-refractivity contribution is 7.89. The Hall–Kier alpha value is -3.11. The van der Waals surface area contributed by atoms with Crippen LogP contribution in [0.15, 0.2) is 59.5 Å². The second-order valence-electron chi connectivity index (χ2n) is 8.43. The number of carbonyl (C=O) groups is 1. The van der Waals surface area contributed by atoms with Gasteiger partial charge in [-0.1, -0.05) is 38.1 Å². The minimum Gasteiger partial charge on any atom is -0.344 e. The molecule has 0 unspecified atom stereocenters. The summed E-state index contributed by atoms with van der Waals surface area (Å²) in [5, 5.41) is 7.13. The standard InChI is InChI=1S/C24H28F2N4O3S/c1-16(2)23(29-34(32,33)22-12-5-4-11-20(22)26)24(31)30(3)13-7-10-19-15-21(28-27-19)17-8-6-9-18(25)14-17/h4-6,8-9,11-12,14-16,23,29H,7,10,13H2,1-3H3,(H,27,28)/t23-/m0/s1. The summed E-state index contributed by atoms with van der Waals surface area (Å²) in [5.41, 5.74) is 2.12. The maximum absolute atomic E-state index is 14.0. The highest BCUT2D eigenvalue weighted by Crippen LogP contribution is 2.20. The lowest BCUT2D eigenvalue weighted by Gasteiger charge is -2.27. The van der Waals surface area contributed by atoms with Gasteiger partial charge >= 0.3 is 0 Å². The first-order chi connectivity index (χ1) is 16.1. The summed E-state index contributed by atoms with van der Waals surface area (Å²) >= 11 is 0. The molecular weight excluding hydrogens is 462 g/mol. The molecule has 2 N–H and O–H groups in total. The molecule has 182 valence electrons. The molecule has 0 radical (unpaired) electrons. The molecule has 1 heterocycles. The number of nitrogens with one attached hydrogen (secondary N) is 2. The van der Waals surface area contributed by atoms with E-state index in [0.29, 0.717) is 30.6 Å². The molecule has 0 bridgehead atoms. The van der Waals surface area contributed by atoms with Crippen molar-refractivity contribution in [2.24, 2.45) is 5.92 Å². The molecule has 1 amide bonds. The van der Waals surface area contributed by atoms with Crippen LogP contribution in [0.4, 0.5) is 8.78 Å². The number of carbonyl (C=O) groups excluding carboxylic acids is 1. The molecule has 2 aromatic carbocycles. The minimum atomic E-state index is -4.22. The van der Waals surface area contributed by atoms with Gasteiger partial charge in [0.05, 0.1) is 5.69 Å². The van der Waals surface area contributed by atoms with Crippen molar-refractivity contribution in [2.45, 2.75) is 37.6 Å². The Labute approximate surface area is 198 Å². The fourth-order valence-electron chi connectivity index (χ4n) is 3.50. The molecule has 0 saturated heterocycles. The van der Waals surface area contributed by atoms with Crippen LogP contribution in [0.3, 0.4) is 0 Å². The van der Waals surface area contributed by atoms with Crippen LogP contribution in [-0.2, 0) is 21.2 Å². The highest BCUT2D eigenvalue weighted by atomic mass is 32.2. The molecule has 7 nitrogen and oxygen atoms in total. The first kappa shape index (κ1) is 25.5. The predicted octanol–water partition coefficient (Wildman–Crippen LogP) is 3.75. The van der Waals surface area contributed by atoms with E-state index in [1.54, 1.807) is 33.0 Å². The summed E-state index contributed by atoms with van der Waals surface area (Å²) in [5.74, 6) is -1.97. The van der Waals surface area contributed by atoms with Gasteiger partial charge in [0.2, 0.25) is 15.9 Å². The number of benzene rings is 2. The van der Waals surface area contributed by atoms with E-state index in [1.165, 1.54) is 29.2 Å². The summed E-state index contributed by atoms with van der Waals surface area (Å²) in [6, 6.07) is 12.0. The van der Waals surface area contributed by atoms with E-state index >= 15 is 0 Å². The maximum Gasteiger partial charge on any atom is 0.244 e. The van der Waals surface area contributed by atoms with Crippen molar-refractivity contribution in [3.63, 3.8) is 0 Å². The van der Waals surface area contributed by atoms with Crippen molar-refractivity contribution >= 4 is 15.9 Å². The van der Waals surface area contributed by atoms with Gasteiger partial charge in [0, 0.05) is 24.8 Å². The summed E-state index contributed by atoms with van der Waals surface area (Å²) in [6.07, 6.45) is 1.19. The van der Waals surface area contributed by atoms with Gasteiger partial charge in [-0.3, -0.25) is 9.89 Å². The van der Waals surface area contributed by atoms with Crippen LogP contribution in [0.5, 0.6) is 0 Å². The SMILES string of the molecule is CC(C)[C@H](NS(=O)(=O)c1ccccc1F)C(=O)N(C)CCCc1cc(-c2cccc(F)c2)n[nH]1. The van der Waals surface area contributed by atoms with Gasteiger partial charge in [-0.05, 0) is 49.1 Å². The Bertz CT molecular complexity index is 1240. The number of hydrogen-bond donors (Lipinski definition) is 2. The van der Waals surface area contributed by atoms with E-state index < -0.39 is 32.7 Å². The van der Waals surface area contributed by atoms with Gasteiger partial charge in [0.15, 0.2) is 0 Å². The van der Waals surface area contributed by atoms with Crippen molar-refractivity contribution in [3.05, 3.63) is 71.9 Å². The molecule has 10 heteroatoms. The number of aromatic amines is 1. The Morgan fingerprint density at radius 2 is 1.85 bits per heavy atom. The summed E-state index contributed by atoms with van der Waals surface area (Å²) < 4.78 is 55.2. The van der Waals surface area contributed by atoms with Gasteiger partial charge in [-0.2, -0.15) is 9.82 Å². The van der Waals surface area contributed by atoms with E-state index in [0.717, 1.165) is 17.8 Å². The lowest BCUT2D eigenvalue weighted by atomic mass is 10.0. The smallest absolute Gasteiger partial charge is 0.244 e. The number of aryl methyl sites for hydroxylation is 1. The first-order valence-electron chi connectivity index (χ1n) is 10.9. The summed E-state index contributed by atoms with van der Waals surface area (Å²) in [6.45, 7) is 3.81. The first-order valence-corrected chi connectivity index (χ1v) is 12.4. The molecule has 0 fully saturated rings. The van der Waals surface area contributed by atoms with Gasteiger partial charge < -0.3 is 4.90 Å². The number of likely N-dealkylation sites (N-methyl/N-ethyl adjacent to an activating group) is 1. The third-order valence-corrected chi connectivity index (χ3v) is 6.88.